The normalized spacial score (nSPS) is 5.12. The predicted molar refractivity (Wildman–Crippen MR) is 33.1 cm³/mol. The Morgan fingerprint density at radius 2 is 2.12 bits per heavy atom. The molecule has 0 bridgehead atoms. The summed E-state index contributed by atoms with van der Waals surface area (Å²) in [7, 11) is 0. The number of hydrogen-bond donors (Lipinski definition) is 1. The Balaban J connectivity index is 4.75. The molecule has 0 unspecified atom stereocenters. The second-order valence-electron chi connectivity index (χ2n) is 1.23. The zero-order valence-electron chi connectivity index (χ0n) is 4.78. The lowest BCUT2D eigenvalue weighted by Gasteiger charge is -1.70. The topological polar surface area (TPSA) is 26.0 Å². The SMILES string of the molecule is C=C=C=C=C=C(C)N. The molecule has 0 spiro atoms. The smallest absolute Gasteiger partial charge is 0.0571 e. The third-order valence-corrected chi connectivity index (χ3v) is 0.411. The monoisotopic (exact) mass is 105 g/mol. The van der Waals surface area contributed by atoms with Gasteiger partial charge in [-0.1, -0.05) is 5.73 Å². The van der Waals surface area contributed by atoms with E-state index in [4.69, 9.17) is 5.73 Å². The summed E-state index contributed by atoms with van der Waals surface area (Å²) in [5.74, 6) is 0. The molecular formula is C7H7N. The highest BCUT2D eigenvalue weighted by Gasteiger charge is 1.60. The first kappa shape index (κ1) is 6.66. The van der Waals surface area contributed by atoms with Crippen molar-refractivity contribution in [3.63, 3.8) is 0 Å². The first-order valence-corrected chi connectivity index (χ1v) is 2.14. The second-order valence-corrected chi connectivity index (χ2v) is 1.23. The minimum Gasteiger partial charge on any atom is -0.395 e. The average molecular weight is 105 g/mol. The zero-order chi connectivity index (χ0) is 6.41. The standard InChI is InChI=1S/C7H7N/c1-3-4-5-6-7(2)8/h1,8H2,2H3. The van der Waals surface area contributed by atoms with E-state index in [1.165, 1.54) is 0 Å². The van der Waals surface area contributed by atoms with Gasteiger partial charge < -0.3 is 5.73 Å². The van der Waals surface area contributed by atoms with Gasteiger partial charge in [0.2, 0.25) is 0 Å². The molecule has 0 aliphatic rings. The third kappa shape index (κ3) is 4.66. The van der Waals surface area contributed by atoms with E-state index in [-0.39, 0.29) is 0 Å². The first-order valence-electron chi connectivity index (χ1n) is 2.14. The van der Waals surface area contributed by atoms with Gasteiger partial charge in [-0.3, -0.25) is 0 Å². The van der Waals surface area contributed by atoms with Crippen LogP contribution in [0.15, 0.2) is 35.2 Å². The average Bonchev–Trinajstić information content (AvgIpc) is 1.66. The van der Waals surface area contributed by atoms with Crippen LogP contribution >= 0.6 is 0 Å². The van der Waals surface area contributed by atoms with Crippen LogP contribution in [0, 0.1) is 0 Å². The fourth-order valence-corrected chi connectivity index (χ4v) is 0.174. The second kappa shape index (κ2) is 3.84. The van der Waals surface area contributed by atoms with Gasteiger partial charge in [-0.25, -0.2) is 0 Å². The van der Waals surface area contributed by atoms with Crippen molar-refractivity contribution < 1.29 is 0 Å². The van der Waals surface area contributed by atoms with Gasteiger partial charge >= 0.3 is 0 Å². The van der Waals surface area contributed by atoms with Crippen molar-refractivity contribution >= 4 is 0 Å². The van der Waals surface area contributed by atoms with Crippen molar-refractivity contribution in [2.45, 2.75) is 6.92 Å². The van der Waals surface area contributed by atoms with E-state index in [1.807, 2.05) is 0 Å². The van der Waals surface area contributed by atoms with Gasteiger partial charge in [0.1, 0.15) is 0 Å². The molecule has 40 valence electrons. The number of allylic oxidation sites excluding steroid dienone is 1. The van der Waals surface area contributed by atoms with Crippen molar-refractivity contribution in [3.05, 3.63) is 35.2 Å². The van der Waals surface area contributed by atoms with Crippen molar-refractivity contribution in [2.75, 3.05) is 0 Å². The van der Waals surface area contributed by atoms with Gasteiger partial charge in [-0.15, -0.1) is 0 Å². The van der Waals surface area contributed by atoms with E-state index in [9.17, 15) is 0 Å². The van der Waals surface area contributed by atoms with Gasteiger partial charge in [0, 0.05) is 0 Å². The largest absolute Gasteiger partial charge is 0.395 e. The van der Waals surface area contributed by atoms with Crippen LogP contribution in [0.2, 0.25) is 0 Å². The van der Waals surface area contributed by atoms with Crippen molar-refractivity contribution in [2.24, 2.45) is 5.73 Å². The van der Waals surface area contributed by atoms with Gasteiger partial charge in [0.15, 0.2) is 0 Å². The van der Waals surface area contributed by atoms with E-state index in [0.717, 1.165) is 0 Å². The van der Waals surface area contributed by atoms with Crippen LogP contribution in [0.25, 0.3) is 0 Å². The molecule has 0 heterocycles. The van der Waals surface area contributed by atoms with Crippen LogP contribution in [-0.4, -0.2) is 0 Å². The zero-order valence-corrected chi connectivity index (χ0v) is 4.78. The van der Waals surface area contributed by atoms with Crippen LogP contribution in [0.3, 0.4) is 0 Å². The van der Waals surface area contributed by atoms with Crippen LogP contribution in [0.4, 0.5) is 0 Å². The molecule has 0 amide bonds. The maximum Gasteiger partial charge on any atom is 0.0571 e. The highest BCUT2D eigenvalue weighted by Crippen LogP contribution is 1.67. The molecular weight excluding hydrogens is 98.1 g/mol. The Bertz CT molecular complexity index is 209. The number of rotatable bonds is 0. The molecule has 0 saturated carbocycles. The molecule has 0 aromatic rings. The lowest BCUT2D eigenvalue weighted by Crippen LogP contribution is -1.85. The summed E-state index contributed by atoms with van der Waals surface area (Å²) in [6.07, 6.45) is 0. The Kier molecular flexibility index (Phi) is 3.19. The summed E-state index contributed by atoms with van der Waals surface area (Å²) in [5, 5.41) is 0. The summed E-state index contributed by atoms with van der Waals surface area (Å²) in [6.45, 7) is 4.99. The van der Waals surface area contributed by atoms with E-state index >= 15 is 0 Å². The molecule has 0 rings (SSSR count). The van der Waals surface area contributed by atoms with Crippen LogP contribution in [-0.2, 0) is 0 Å². The molecule has 0 radical (unpaired) electrons. The molecule has 0 saturated heterocycles. The van der Waals surface area contributed by atoms with Crippen molar-refractivity contribution in [3.8, 4) is 0 Å². The molecule has 8 heavy (non-hydrogen) atoms. The van der Waals surface area contributed by atoms with E-state index in [0.29, 0.717) is 5.70 Å². The third-order valence-electron chi connectivity index (χ3n) is 0.411. The Hall–Kier alpha value is -1.34. The molecule has 0 atom stereocenters. The fraction of sp³-hybridized carbons (Fsp3) is 0.143. The molecule has 0 aliphatic heterocycles. The highest BCUT2D eigenvalue weighted by atomic mass is 14.5. The molecule has 2 N–H and O–H groups in total. The summed E-state index contributed by atoms with van der Waals surface area (Å²) in [6, 6.07) is 0. The fourth-order valence-electron chi connectivity index (χ4n) is 0.174. The minimum absolute atomic E-state index is 0.577. The van der Waals surface area contributed by atoms with Gasteiger partial charge in [-0.05, 0) is 30.7 Å². The maximum absolute atomic E-state index is 5.19. The minimum atomic E-state index is 0.577. The molecule has 0 aromatic heterocycles. The molecule has 0 aromatic carbocycles. The van der Waals surface area contributed by atoms with Gasteiger partial charge in [0.25, 0.3) is 0 Å². The highest BCUT2D eigenvalue weighted by molar-refractivity contribution is 4.92. The predicted octanol–water partition coefficient (Wildman–Crippen LogP) is 1.10. The van der Waals surface area contributed by atoms with Crippen LogP contribution in [0.5, 0.6) is 0 Å². The lowest BCUT2D eigenvalue weighted by atomic mass is 10.5. The van der Waals surface area contributed by atoms with Crippen molar-refractivity contribution in [1.29, 1.82) is 0 Å². The number of hydrogen-bond acceptors (Lipinski definition) is 1. The summed E-state index contributed by atoms with van der Waals surface area (Å²) >= 11 is 0. The van der Waals surface area contributed by atoms with E-state index < -0.39 is 0 Å². The Labute approximate surface area is 48.8 Å². The molecule has 0 aliphatic carbocycles. The van der Waals surface area contributed by atoms with Crippen molar-refractivity contribution in [1.82, 2.24) is 0 Å². The Morgan fingerprint density at radius 1 is 1.50 bits per heavy atom. The molecule has 0 fully saturated rings. The van der Waals surface area contributed by atoms with E-state index in [1.54, 1.807) is 6.92 Å². The summed E-state index contributed by atoms with van der Waals surface area (Å²) in [5.41, 5.74) is 15.7. The molecule has 1 nitrogen and oxygen atoms in total. The van der Waals surface area contributed by atoms with Gasteiger partial charge in [-0.2, -0.15) is 0 Å². The molecule has 1 heteroatoms. The maximum atomic E-state index is 5.19. The van der Waals surface area contributed by atoms with Crippen LogP contribution < -0.4 is 5.73 Å². The first-order chi connectivity index (χ1) is 3.77. The Morgan fingerprint density at radius 3 is 2.50 bits per heavy atom. The van der Waals surface area contributed by atoms with E-state index in [2.05, 4.69) is 29.5 Å². The summed E-state index contributed by atoms with van der Waals surface area (Å²) < 4.78 is 0. The van der Waals surface area contributed by atoms with Gasteiger partial charge in [0.05, 0.1) is 5.70 Å². The summed E-state index contributed by atoms with van der Waals surface area (Å²) in [4.78, 5) is 0. The number of nitrogens with two attached hydrogens (primary N) is 1. The van der Waals surface area contributed by atoms with Crippen LogP contribution in [0.1, 0.15) is 6.92 Å². The lowest BCUT2D eigenvalue weighted by molar-refractivity contribution is 1.33. The quantitative estimate of drug-likeness (QED) is 0.459.